The van der Waals surface area contributed by atoms with Crippen molar-refractivity contribution in [1.29, 1.82) is 0 Å². The van der Waals surface area contributed by atoms with E-state index in [4.69, 9.17) is 0 Å². The predicted octanol–water partition coefficient (Wildman–Crippen LogP) is 3.44. The fraction of sp³-hybridized carbons (Fsp3) is 0.357. The fourth-order valence-electron chi connectivity index (χ4n) is 2.23. The number of nitrogens with one attached hydrogen (secondary N) is 1. The van der Waals surface area contributed by atoms with Crippen LogP contribution in [0.15, 0.2) is 12.3 Å². The van der Waals surface area contributed by atoms with Crippen LogP contribution in [0.1, 0.15) is 40.9 Å². The first kappa shape index (κ1) is 17.3. The average molecular weight is 370 g/mol. The summed E-state index contributed by atoms with van der Waals surface area (Å²) in [6.07, 6.45) is -3.01. The van der Waals surface area contributed by atoms with Crippen LogP contribution in [0.3, 0.4) is 0 Å². The van der Waals surface area contributed by atoms with Crippen LogP contribution in [0.2, 0.25) is 0 Å². The maximum absolute atomic E-state index is 12.5. The van der Waals surface area contributed by atoms with Crippen LogP contribution in [-0.4, -0.2) is 30.9 Å². The molecule has 0 aliphatic carbocycles. The summed E-state index contributed by atoms with van der Waals surface area (Å²) in [5.74, 6) is -0.603. The molecule has 3 heterocycles. The van der Waals surface area contributed by atoms with Gasteiger partial charge in [0.2, 0.25) is 10.1 Å². The lowest BCUT2D eigenvalue weighted by molar-refractivity contribution is -0.138. The van der Waals surface area contributed by atoms with Gasteiger partial charge in [-0.2, -0.15) is 18.3 Å². The van der Waals surface area contributed by atoms with Gasteiger partial charge in [0.25, 0.3) is 5.91 Å². The molecule has 25 heavy (non-hydrogen) atoms. The minimum atomic E-state index is -4.59. The van der Waals surface area contributed by atoms with E-state index in [1.165, 1.54) is 0 Å². The summed E-state index contributed by atoms with van der Waals surface area (Å²) in [5.41, 5.74) is 1.31. The van der Waals surface area contributed by atoms with Gasteiger partial charge in [-0.3, -0.25) is 10.1 Å². The summed E-state index contributed by atoms with van der Waals surface area (Å²) in [7, 11) is 0. The number of amides is 1. The Bertz CT molecular complexity index is 946. The van der Waals surface area contributed by atoms with Gasteiger partial charge in [-0.15, -0.1) is 10.2 Å². The zero-order valence-electron chi connectivity index (χ0n) is 13.4. The molecule has 0 bridgehead atoms. The van der Waals surface area contributed by atoms with E-state index in [-0.39, 0.29) is 28.1 Å². The van der Waals surface area contributed by atoms with Crippen molar-refractivity contribution < 1.29 is 18.0 Å². The molecular formula is C14H13F3N6OS. The van der Waals surface area contributed by atoms with Crippen LogP contribution >= 0.6 is 11.3 Å². The Morgan fingerprint density at radius 2 is 2.04 bits per heavy atom. The summed E-state index contributed by atoms with van der Waals surface area (Å²) < 4.78 is 39.4. The number of rotatable bonds is 3. The minimum Gasteiger partial charge on any atom is -0.296 e. The van der Waals surface area contributed by atoms with Crippen molar-refractivity contribution in [3.8, 4) is 0 Å². The zero-order valence-corrected chi connectivity index (χ0v) is 14.2. The second-order valence-corrected chi connectivity index (χ2v) is 6.56. The molecule has 0 aromatic carbocycles. The van der Waals surface area contributed by atoms with Crippen molar-refractivity contribution in [2.75, 3.05) is 5.32 Å². The monoisotopic (exact) mass is 370 g/mol. The van der Waals surface area contributed by atoms with Gasteiger partial charge in [0.1, 0.15) is 0 Å². The number of hydrogen-bond donors (Lipinski definition) is 1. The quantitative estimate of drug-likeness (QED) is 0.763. The second-order valence-electron chi connectivity index (χ2n) is 5.58. The van der Waals surface area contributed by atoms with Crippen LogP contribution in [0.4, 0.5) is 18.3 Å². The number of nitrogens with zero attached hydrogens (tertiary/aromatic N) is 5. The van der Waals surface area contributed by atoms with Crippen molar-refractivity contribution >= 4 is 33.4 Å². The van der Waals surface area contributed by atoms with E-state index in [0.29, 0.717) is 16.7 Å². The number of alkyl halides is 3. The van der Waals surface area contributed by atoms with E-state index in [1.54, 1.807) is 23.9 Å². The third-order valence-corrected chi connectivity index (χ3v) is 4.26. The van der Waals surface area contributed by atoms with Crippen molar-refractivity contribution in [1.82, 2.24) is 25.0 Å². The molecule has 0 radical (unpaired) electrons. The highest BCUT2D eigenvalue weighted by molar-refractivity contribution is 7.15. The highest BCUT2D eigenvalue weighted by Gasteiger charge is 2.35. The largest absolute Gasteiger partial charge is 0.445 e. The second kappa shape index (κ2) is 6.06. The number of anilines is 1. The first-order chi connectivity index (χ1) is 11.7. The molecule has 0 spiro atoms. The molecule has 7 nitrogen and oxygen atoms in total. The zero-order chi connectivity index (χ0) is 18.4. The molecule has 1 N–H and O–H groups in total. The maximum atomic E-state index is 12.5. The van der Waals surface area contributed by atoms with Gasteiger partial charge < -0.3 is 0 Å². The average Bonchev–Trinajstić information content (AvgIpc) is 3.12. The minimum absolute atomic E-state index is 0.103. The Morgan fingerprint density at radius 1 is 1.32 bits per heavy atom. The molecule has 1 amide bonds. The Morgan fingerprint density at radius 3 is 2.64 bits per heavy atom. The molecule has 3 rings (SSSR count). The summed E-state index contributed by atoms with van der Waals surface area (Å²) in [6, 6.07) is 1.70. The topological polar surface area (TPSA) is 85.6 Å². The van der Waals surface area contributed by atoms with Crippen LogP contribution in [0.25, 0.3) is 11.0 Å². The van der Waals surface area contributed by atoms with E-state index in [9.17, 15) is 18.0 Å². The number of aromatic nitrogens is 5. The van der Waals surface area contributed by atoms with Gasteiger partial charge >= 0.3 is 6.18 Å². The molecule has 0 aliphatic rings. The molecule has 3 aromatic rings. The lowest BCUT2D eigenvalue weighted by atomic mass is 10.1. The van der Waals surface area contributed by atoms with Crippen molar-refractivity contribution in [2.45, 2.75) is 33.0 Å². The summed E-state index contributed by atoms with van der Waals surface area (Å²) in [4.78, 5) is 16.7. The van der Waals surface area contributed by atoms with Crippen molar-refractivity contribution in [3.63, 3.8) is 0 Å². The van der Waals surface area contributed by atoms with Crippen LogP contribution in [0, 0.1) is 6.92 Å². The lowest BCUT2D eigenvalue weighted by Crippen LogP contribution is -2.14. The van der Waals surface area contributed by atoms with E-state index in [0.717, 1.165) is 0 Å². The number of halogens is 3. The maximum Gasteiger partial charge on any atom is 0.445 e. The standard InChI is InChI=1S/C14H13F3N6OS/c1-6(2)23-10-8(5-18-23)4-9(7(3)19-10)11(24)20-13-22-21-12(25-13)14(15,16)17/h4-6H,1-3H3,(H,20,22,24). The van der Waals surface area contributed by atoms with Gasteiger partial charge in [-0.25, -0.2) is 9.67 Å². The predicted molar refractivity (Wildman–Crippen MR) is 85.5 cm³/mol. The molecule has 0 aliphatic heterocycles. The number of hydrogen-bond acceptors (Lipinski definition) is 6. The molecule has 3 aromatic heterocycles. The highest BCUT2D eigenvalue weighted by atomic mass is 32.1. The van der Waals surface area contributed by atoms with Gasteiger partial charge in [0.05, 0.1) is 17.5 Å². The van der Waals surface area contributed by atoms with E-state index < -0.39 is 17.1 Å². The first-order valence-electron chi connectivity index (χ1n) is 7.23. The Balaban J connectivity index is 1.89. The first-order valence-corrected chi connectivity index (χ1v) is 8.05. The molecule has 0 saturated heterocycles. The Kier molecular flexibility index (Phi) is 4.19. The van der Waals surface area contributed by atoms with Crippen LogP contribution in [-0.2, 0) is 6.18 Å². The van der Waals surface area contributed by atoms with Crippen LogP contribution in [0.5, 0.6) is 0 Å². The highest BCUT2D eigenvalue weighted by Crippen LogP contribution is 2.33. The number of pyridine rings is 1. The molecule has 0 atom stereocenters. The fourth-order valence-corrected chi connectivity index (χ4v) is 2.83. The summed E-state index contributed by atoms with van der Waals surface area (Å²) in [5, 5.41) is 12.2. The molecule has 0 fully saturated rings. The smallest absolute Gasteiger partial charge is 0.296 e. The Labute approximate surface area is 143 Å². The molecule has 11 heteroatoms. The molecule has 0 unspecified atom stereocenters. The van der Waals surface area contributed by atoms with E-state index >= 15 is 0 Å². The summed E-state index contributed by atoms with van der Waals surface area (Å²) in [6.45, 7) is 5.56. The number of aryl methyl sites for hydroxylation is 1. The van der Waals surface area contributed by atoms with Gasteiger partial charge in [-0.1, -0.05) is 11.3 Å². The SMILES string of the molecule is Cc1nc2c(cnn2C(C)C)cc1C(=O)Nc1nnc(C(F)(F)F)s1. The third-order valence-electron chi connectivity index (χ3n) is 3.38. The normalized spacial score (nSPS) is 12.1. The van der Waals surface area contributed by atoms with E-state index in [2.05, 4.69) is 25.6 Å². The molecular weight excluding hydrogens is 357 g/mol. The van der Waals surface area contributed by atoms with E-state index in [1.807, 2.05) is 13.8 Å². The summed E-state index contributed by atoms with van der Waals surface area (Å²) >= 11 is 0.264. The molecule has 132 valence electrons. The van der Waals surface area contributed by atoms with Crippen LogP contribution < -0.4 is 5.32 Å². The molecule has 0 saturated carbocycles. The van der Waals surface area contributed by atoms with Gasteiger partial charge in [-0.05, 0) is 26.8 Å². The number of fused-ring (bicyclic) bond motifs is 1. The lowest BCUT2D eigenvalue weighted by Gasteiger charge is -2.08. The third kappa shape index (κ3) is 3.31. The van der Waals surface area contributed by atoms with Crippen molar-refractivity contribution in [3.05, 3.63) is 28.5 Å². The number of carbonyl (C=O) groups excluding carboxylic acids is 1. The van der Waals surface area contributed by atoms with Gasteiger partial charge in [0.15, 0.2) is 5.65 Å². The number of carbonyl (C=O) groups is 1. The Hall–Kier alpha value is -2.56. The van der Waals surface area contributed by atoms with Crippen molar-refractivity contribution in [2.24, 2.45) is 0 Å². The van der Waals surface area contributed by atoms with Gasteiger partial charge in [0, 0.05) is 11.4 Å².